The topological polar surface area (TPSA) is 58.2 Å². The molecule has 2 rings (SSSR count). The third-order valence-corrected chi connectivity index (χ3v) is 3.74. The molecule has 0 aliphatic carbocycles. The van der Waals surface area contributed by atoms with E-state index in [-0.39, 0.29) is 6.54 Å². The van der Waals surface area contributed by atoms with Gasteiger partial charge in [0, 0.05) is 18.1 Å². The Bertz CT molecular complexity index is 659. The third-order valence-electron chi connectivity index (χ3n) is 3.37. The summed E-state index contributed by atoms with van der Waals surface area (Å²) in [5.41, 5.74) is 1.99. The molecule has 0 aliphatic heterocycles. The van der Waals surface area contributed by atoms with Crippen LogP contribution in [0, 0.1) is 0 Å². The van der Waals surface area contributed by atoms with E-state index in [1.54, 1.807) is 12.1 Å². The summed E-state index contributed by atoms with van der Waals surface area (Å²) in [6, 6.07) is 17.2. The summed E-state index contributed by atoms with van der Waals surface area (Å²) < 4.78 is 0. The zero-order valence-electron chi connectivity index (χ0n) is 12.7. The van der Waals surface area contributed by atoms with Crippen LogP contribution in [-0.2, 0) is 22.6 Å². The summed E-state index contributed by atoms with van der Waals surface area (Å²) in [5.74, 6) is -1.27. The second-order valence-corrected chi connectivity index (χ2v) is 5.53. The van der Waals surface area contributed by atoms with Crippen molar-refractivity contribution in [2.24, 2.45) is 0 Å². The first-order valence-electron chi connectivity index (χ1n) is 7.50. The van der Waals surface area contributed by atoms with Gasteiger partial charge < -0.3 is 10.6 Å². The van der Waals surface area contributed by atoms with Crippen LogP contribution < -0.4 is 10.6 Å². The minimum Gasteiger partial charge on any atom is -0.348 e. The van der Waals surface area contributed by atoms with Gasteiger partial charge in [0.2, 0.25) is 0 Å². The fourth-order valence-corrected chi connectivity index (χ4v) is 2.32. The van der Waals surface area contributed by atoms with E-state index in [9.17, 15) is 9.59 Å². The van der Waals surface area contributed by atoms with E-state index in [1.807, 2.05) is 42.5 Å². The predicted octanol–water partition coefficient (Wildman–Crippen LogP) is 2.71. The molecular formula is C18H19ClN2O2. The van der Waals surface area contributed by atoms with Crippen molar-refractivity contribution in [1.82, 2.24) is 10.6 Å². The first kappa shape index (κ1) is 17.0. The Labute approximate surface area is 140 Å². The van der Waals surface area contributed by atoms with E-state index in [2.05, 4.69) is 10.6 Å². The van der Waals surface area contributed by atoms with Crippen LogP contribution >= 0.6 is 11.6 Å². The molecule has 5 heteroatoms. The largest absolute Gasteiger partial charge is 0.348 e. The number of nitrogens with one attached hydrogen (secondary N) is 2. The average Bonchev–Trinajstić information content (AvgIpc) is 2.58. The number of amides is 2. The van der Waals surface area contributed by atoms with Gasteiger partial charge in [-0.25, -0.2) is 0 Å². The van der Waals surface area contributed by atoms with Gasteiger partial charge in [-0.15, -0.1) is 0 Å². The molecule has 0 fully saturated rings. The van der Waals surface area contributed by atoms with Gasteiger partial charge in [0.05, 0.1) is 0 Å². The van der Waals surface area contributed by atoms with Crippen molar-refractivity contribution < 1.29 is 9.59 Å². The fraction of sp³-hybridized carbons (Fsp3) is 0.222. The number of benzene rings is 2. The molecule has 0 radical (unpaired) electrons. The number of aryl methyl sites for hydroxylation is 1. The quantitative estimate of drug-likeness (QED) is 0.632. The zero-order valence-corrected chi connectivity index (χ0v) is 13.5. The van der Waals surface area contributed by atoms with Gasteiger partial charge in [-0.3, -0.25) is 9.59 Å². The molecule has 4 nitrogen and oxygen atoms in total. The third kappa shape index (κ3) is 5.75. The lowest BCUT2D eigenvalue weighted by atomic mass is 10.1. The average molecular weight is 331 g/mol. The van der Waals surface area contributed by atoms with Gasteiger partial charge in [0.25, 0.3) is 0 Å². The van der Waals surface area contributed by atoms with Gasteiger partial charge in [-0.1, -0.05) is 60.1 Å². The Morgan fingerprint density at radius 1 is 0.870 bits per heavy atom. The summed E-state index contributed by atoms with van der Waals surface area (Å²) in [4.78, 5) is 23.4. The molecule has 0 heterocycles. The maximum atomic E-state index is 11.7. The van der Waals surface area contributed by atoms with Gasteiger partial charge in [-0.2, -0.15) is 0 Å². The van der Waals surface area contributed by atoms with Crippen molar-refractivity contribution in [3.8, 4) is 0 Å². The maximum absolute atomic E-state index is 11.7. The van der Waals surface area contributed by atoms with Crippen LogP contribution in [0.4, 0.5) is 0 Å². The van der Waals surface area contributed by atoms with Crippen molar-refractivity contribution in [1.29, 1.82) is 0 Å². The van der Waals surface area contributed by atoms with E-state index in [4.69, 9.17) is 11.6 Å². The van der Waals surface area contributed by atoms with Crippen LogP contribution in [0.3, 0.4) is 0 Å². The number of rotatable bonds is 6. The van der Waals surface area contributed by atoms with Gasteiger partial charge in [-0.05, 0) is 30.0 Å². The maximum Gasteiger partial charge on any atom is 0.309 e. The fourth-order valence-electron chi connectivity index (χ4n) is 2.12. The van der Waals surface area contributed by atoms with Gasteiger partial charge >= 0.3 is 11.8 Å². The Morgan fingerprint density at radius 2 is 1.52 bits per heavy atom. The smallest absolute Gasteiger partial charge is 0.309 e. The number of hydrogen-bond donors (Lipinski definition) is 2. The Morgan fingerprint density at radius 3 is 2.26 bits per heavy atom. The molecular weight excluding hydrogens is 312 g/mol. The first-order chi connectivity index (χ1) is 11.2. The van der Waals surface area contributed by atoms with Crippen molar-refractivity contribution in [2.45, 2.75) is 19.4 Å². The summed E-state index contributed by atoms with van der Waals surface area (Å²) in [7, 11) is 0. The molecule has 0 atom stereocenters. The minimum absolute atomic E-state index is 0.232. The SMILES string of the molecule is O=C(NCCCc1ccccc1)C(=O)NCc1ccccc1Cl. The molecule has 0 aliphatic rings. The van der Waals surface area contributed by atoms with E-state index in [1.165, 1.54) is 5.56 Å². The number of halogens is 1. The Balaban J connectivity index is 1.67. The van der Waals surface area contributed by atoms with E-state index in [0.717, 1.165) is 18.4 Å². The van der Waals surface area contributed by atoms with Crippen LogP contribution in [0.2, 0.25) is 5.02 Å². The first-order valence-corrected chi connectivity index (χ1v) is 7.88. The highest BCUT2D eigenvalue weighted by molar-refractivity contribution is 6.35. The molecule has 23 heavy (non-hydrogen) atoms. The highest BCUT2D eigenvalue weighted by Gasteiger charge is 2.12. The standard InChI is InChI=1S/C18H19ClN2O2/c19-16-11-5-4-10-15(16)13-21-18(23)17(22)20-12-6-9-14-7-2-1-3-8-14/h1-5,7-8,10-11H,6,9,12-13H2,(H,20,22)(H,21,23). The molecule has 2 amide bonds. The number of carbonyl (C=O) groups excluding carboxylic acids is 2. The highest BCUT2D eigenvalue weighted by Crippen LogP contribution is 2.14. The molecule has 0 bridgehead atoms. The van der Waals surface area contributed by atoms with E-state index in [0.29, 0.717) is 11.6 Å². The molecule has 2 aromatic carbocycles. The second-order valence-electron chi connectivity index (χ2n) is 5.12. The lowest BCUT2D eigenvalue weighted by Crippen LogP contribution is -2.40. The predicted molar refractivity (Wildman–Crippen MR) is 91.1 cm³/mol. The molecule has 0 aromatic heterocycles. The van der Waals surface area contributed by atoms with E-state index >= 15 is 0 Å². The highest BCUT2D eigenvalue weighted by atomic mass is 35.5. The lowest BCUT2D eigenvalue weighted by molar-refractivity contribution is -0.139. The lowest BCUT2D eigenvalue weighted by Gasteiger charge is -2.07. The number of hydrogen-bond acceptors (Lipinski definition) is 2. The molecule has 0 spiro atoms. The summed E-state index contributed by atoms with van der Waals surface area (Å²) in [6.07, 6.45) is 1.65. The molecule has 0 saturated heterocycles. The van der Waals surface area contributed by atoms with Crippen molar-refractivity contribution in [3.63, 3.8) is 0 Å². The van der Waals surface area contributed by atoms with E-state index < -0.39 is 11.8 Å². The van der Waals surface area contributed by atoms with Gasteiger partial charge in [0.1, 0.15) is 0 Å². The molecule has 2 aromatic rings. The van der Waals surface area contributed by atoms with Crippen molar-refractivity contribution in [3.05, 3.63) is 70.7 Å². The van der Waals surface area contributed by atoms with Crippen LogP contribution in [0.15, 0.2) is 54.6 Å². The second kappa shape index (κ2) is 8.96. The van der Waals surface area contributed by atoms with Crippen LogP contribution in [0.1, 0.15) is 17.5 Å². The minimum atomic E-state index is -0.648. The Kier molecular flexibility index (Phi) is 6.63. The van der Waals surface area contributed by atoms with Crippen LogP contribution in [0.5, 0.6) is 0 Å². The van der Waals surface area contributed by atoms with Crippen LogP contribution in [0.25, 0.3) is 0 Å². The summed E-state index contributed by atoms with van der Waals surface area (Å²) >= 11 is 6.00. The molecule has 120 valence electrons. The summed E-state index contributed by atoms with van der Waals surface area (Å²) in [6.45, 7) is 0.698. The molecule has 0 unspecified atom stereocenters. The van der Waals surface area contributed by atoms with Crippen molar-refractivity contribution in [2.75, 3.05) is 6.54 Å². The van der Waals surface area contributed by atoms with Gasteiger partial charge in [0.15, 0.2) is 0 Å². The summed E-state index contributed by atoms with van der Waals surface area (Å²) in [5, 5.41) is 5.75. The Hall–Kier alpha value is -2.33. The molecule has 0 saturated carbocycles. The van der Waals surface area contributed by atoms with Crippen LogP contribution in [-0.4, -0.2) is 18.4 Å². The number of carbonyl (C=O) groups is 2. The van der Waals surface area contributed by atoms with Crippen molar-refractivity contribution >= 4 is 23.4 Å². The normalized spacial score (nSPS) is 10.1. The molecule has 2 N–H and O–H groups in total. The monoisotopic (exact) mass is 330 g/mol. The zero-order chi connectivity index (χ0) is 16.5.